The molecule has 3 heterocycles. The Balaban J connectivity index is 1.66. The summed E-state index contributed by atoms with van der Waals surface area (Å²) < 4.78 is 30.2. The van der Waals surface area contributed by atoms with Crippen molar-refractivity contribution >= 4 is 38.6 Å². The van der Waals surface area contributed by atoms with Crippen molar-refractivity contribution < 1.29 is 17.9 Å². The second-order valence-corrected chi connectivity index (χ2v) is 10.4. The molecule has 12 nitrogen and oxygen atoms in total. The van der Waals surface area contributed by atoms with E-state index in [0.717, 1.165) is 6.26 Å². The zero-order valence-corrected chi connectivity index (χ0v) is 21.6. The summed E-state index contributed by atoms with van der Waals surface area (Å²) >= 11 is 0. The number of carbonyl (C=O) groups is 1. The highest BCUT2D eigenvalue weighted by atomic mass is 32.2. The predicted octanol–water partition coefficient (Wildman–Crippen LogP) is 3.30. The highest BCUT2D eigenvalue weighted by Gasteiger charge is 2.18. The number of hydrogen-bond donors (Lipinski definition) is 2. The molecule has 4 rings (SSSR count). The van der Waals surface area contributed by atoms with Crippen LogP contribution in [0.1, 0.15) is 29.4 Å². The maximum absolute atomic E-state index is 12.7. The van der Waals surface area contributed by atoms with Crippen LogP contribution in [-0.2, 0) is 22.6 Å². The summed E-state index contributed by atoms with van der Waals surface area (Å²) in [5.74, 6) is 1.50. The van der Waals surface area contributed by atoms with Crippen LogP contribution in [0.5, 0.6) is 5.75 Å². The molecule has 0 aliphatic rings. The molecule has 0 fully saturated rings. The Hall–Kier alpha value is -4.39. The van der Waals surface area contributed by atoms with E-state index in [2.05, 4.69) is 35.9 Å². The summed E-state index contributed by atoms with van der Waals surface area (Å²) in [6, 6.07) is 10.4. The number of pyridine rings is 1. The van der Waals surface area contributed by atoms with E-state index in [1.807, 2.05) is 18.2 Å². The van der Waals surface area contributed by atoms with Gasteiger partial charge in [-0.1, -0.05) is 13.0 Å². The lowest BCUT2D eigenvalue weighted by atomic mass is 10.1. The number of nitrogens with zero attached hydrogens (tertiary/aromatic N) is 6. The van der Waals surface area contributed by atoms with Crippen molar-refractivity contribution in [1.29, 1.82) is 0 Å². The maximum atomic E-state index is 12.7. The molecule has 13 heteroatoms. The molecule has 0 saturated heterocycles. The van der Waals surface area contributed by atoms with Crippen LogP contribution >= 0.6 is 0 Å². The Morgan fingerprint density at radius 3 is 2.49 bits per heavy atom. The number of hydrogen-bond acceptors (Lipinski definition) is 11. The van der Waals surface area contributed by atoms with Gasteiger partial charge in [0.25, 0.3) is 0 Å². The molecule has 1 aromatic carbocycles. The number of carbonyl (C=O) groups excluding carboxylic acids is 1. The molecule has 0 radical (unpaired) electrons. The molecular weight excluding hydrogens is 496 g/mol. The number of sulfone groups is 1. The maximum Gasteiger partial charge on any atom is 0.184 e. The highest BCUT2D eigenvalue weighted by Crippen LogP contribution is 2.37. The smallest absolute Gasteiger partial charge is 0.184 e. The van der Waals surface area contributed by atoms with Crippen LogP contribution in [0.4, 0.5) is 23.0 Å². The summed E-state index contributed by atoms with van der Waals surface area (Å²) in [4.78, 5) is 21.3. The van der Waals surface area contributed by atoms with Gasteiger partial charge in [0.1, 0.15) is 12.1 Å². The number of rotatable bonds is 10. The normalized spacial score (nSPS) is 11.2. The molecule has 4 aromatic rings. The number of ether oxygens (including phenoxy) is 1. The first-order valence-corrected chi connectivity index (χ1v) is 13.3. The molecule has 0 spiro atoms. The van der Waals surface area contributed by atoms with Crippen molar-refractivity contribution in [1.82, 2.24) is 29.9 Å². The fourth-order valence-corrected chi connectivity index (χ4v) is 4.27. The molecule has 192 valence electrons. The fraction of sp³-hybridized carbons (Fsp3) is 0.250. The molecule has 37 heavy (non-hydrogen) atoms. The second-order valence-electron chi connectivity index (χ2n) is 8.25. The molecule has 0 aliphatic carbocycles. The number of methoxy groups -OCH3 is 1. The number of aryl methyl sites for hydroxylation is 1. The van der Waals surface area contributed by atoms with E-state index in [9.17, 15) is 13.2 Å². The minimum atomic E-state index is -3.22. The van der Waals surface area contributed by atoms with Gasteiger partial charge in [0.2, 0.25) is 0 Å². The SMILES string of the molecule is CCC(=O)c1cnc(Nc2ccc(CS(C)(=O)=O)nn2)cc1Nc1cccc(-c2ncn(C)n2)c1OC. The average Bonchev–Trinajstić information content (AvgIpc) is 3.30. The second kappa shape index (κ2) is 10.7. The molecule has 0 atom stereocenters. The van der Waals surface area contributed by atoms with Gasteiger partial charge in [0, 0.05) is 32.0 Å². The first kappa shape index (κ1) is 25.7. The van der Waals surface area contributed by atoms with E-state index in [1.54, 1.807) is 50.3 Å². The van der Waals surface area contributed by atoms with E-state index in [4.69, 9.17) is 4.74 Å². The first-order valence-electron chi connectivity index (χ1n) is 11.3. The molecular formula is C24H26N8O4S. The van der Waals surface area contributed by atoms with Crippen molar-refractivity contribution in [2.24, 2.45) is 7.05 Å². The van der Waals surface area contributed by atoms with Crippen LogP contribution in [0.25, 0.3) is 11.4 Å². The van der Waals surface area contributed by atoms with Crippen LogP contribution in [0.15, 0.2) is 48.9 Å². The molecule has 0 aliphatic heterocycles. The van der Waals surface area contributed by atoms with Crippen molar-refractivity contribution in [2.75, 3.05) is 24.0 Å². The Morgan fingerprint density at radius 1 is 1.05 bits per heavy atom. The molecule has 0 unspecified atom stereocenters. The van der Waals surface area contributed by atoms with E-state index in [-0.39, 0.29) is 11.5 Å². The summed E-state index contributed by atoms with van der Waals surface area (Å²) in [5, 5.41) is 18.7. The largest absolute Gasteiger partial charge is 0.494 e. The lowest BCUT2D eigenvalue weighted by Gasteiger charge is -2.17. The third-order valence-corrected chi connectivity index (χ3v) is 6.06. The van der Waals surface area contributed by atoms with Gasteiger partial charge >= 0.3 is 0 Å². The third kappa shape index (κ3) is 6.25. The zero-order valence-electron chi connectivity index (χ0n) is 20.8. The minimum Gasteiger partial charge on any atom is -0.494 e. The van der Waals surface area contributed by atoms with E-state index in [1.165, 1.54) is 6.20 Å². The number of Topliss-reactive ketones (excluding diaryl/α,β-unsaturated/α-hetero) is 1. The molecule has 2 N–H and O–H groups in total. The Labute approximate surface area is 214 Å². The lowest BCUT2D eigenvalue weighted by molar-refractivity contribution is 0.0988. The van der Waals surface area contributed by atoms with Gasteiger partial charge in [-0.25, -0.2) is 18.4 Å². The van der Waals surface area contributed by atoms with Crippen LogP contribution < -0.4 is 15.4 Å². The quantitative estimate of drug-likeness (QED) is 0.295. The number of ketones is 1. The van der Waals surface area contributed by atoms with Crippen LogP contribution in [-0.4, -0.2) is 57.5 Å². The van der Waals surface area contributed by atoms with Gasteiger partial charge in [-0.2, -0.15) is 10.2 Å². The molecule has 0 bridgehead atoms. The van der Waals surface area contributed by atoms with Crippen molar-refractivity contribution in [3.63, 3.8) is 0 Å². The van der Waals surface area contributed by atoms with Crippen LogP contribution in [0, 0.1) is 0 Å². The number of nitrogens with one attached hydrogen (secondary N) is 2. The van der Waals surface area contributed by atoms with Crippen molar-refractivity contribution in [3.05, 3.63) is 60.2 Å². The number of aromatic nitrogens is 6. The molecule has 0 amide bonds. The van der Waals surface area contributed by atoms with Crippen LogP contribution in [0.2, 0.25) is 0 Å². The predicted molar refractivity (Wildman–Crippen MR) is 139 cm³/mol. The van der Waals surface area contributed by atoms with Gasteiger partial charge in [-0.05, 0) is 24.3 Å². The molecule has 0 saturated carbocycles. The van der Waals surface area contributed by atoms with E-state index < -0.39 is 9.84 Å². The lowest BCUT2D eigenvalue weighted by Crippen LogP contribution is -2.08. The Kier molecular flexibility index (Phi) is 7.43. The van der Waals surface area contributed by atoms with Crippen LogP contribution in [0.3, 0.4) is 0 Å². The van der Waals surface area contributed by atoms with Crippen molar-refractivity contribution in [2.45, 2.75) is 19.1 Å². The summed E-state index contributed by atoms with van der Waals surface area (Å²) in [6.45, 7) is 1.78. The standard InChI is InChI=1S/C24H26N8O4S/c1-5-20(33)17-12-25-22(28-21-10-9-15(29-30-21)13-37(4,34)35)11-19(17)27-18-8-6-7-16(23(18)36-3)24-26-14-32(2)31-24/h6-12,14H,5,13H2,1-4H3,(H2,25,27,28,30). The number of anilines is 4. The number of para-hydroxylation sites is 1. The third-order valence-electron chi connectivity index (χ3n) is 5.24. The summed E-state index contributed by atoms with van der Waals surface area (Å²) in [7, 11) is 0.113. The zero-order chi connectivity index (χ0) is 26.6. The fourth-order valence-electron chi connectivity index (χ4n) is 3.58. The minimum absolute atomic E-state index is 0.0898. The van der Waals surface area contributed by atoms with Gasteiger partial charge in [-0.15, -0.1) is 5.10 Å². The Morgan fingerprint density at radius 2 is 1.86 bits per heavy atom. The van der Waals surface area contributed by atoms with Gasteiger partial charge in [0.15, 0.2) is 33.0 Å². The average molecular weight is 523 g/mol. The van der Waals surface area contributed by atoms with Gasteiger partial charge in [0.05, 0.1) is 41.1 Å². The topological polar surface area (TPSA) is 154 Å². The monoisotopic (exact) mass is 522 g/mol. The molecule has 3 aromatic heterocycles. The highest BCUT2D eigenvalue weighted by molar-refractivity contribution is 7.89. The first-order chi connectivity index (χ1) is 17.7. The summed E-state index contributed by atoms with van der Waals surface area (Å²) in [6.07, 6.45) is 4.52. The summed E-state index contributed by atoms with van der Waals surface area (Å²) in [5.41, 5.74) is 2.55. The van der Waals surface area contributed by atoms with Crippen molar-refractivity contribution in [3.8, 4) is 17.1 Å². The number of benzene rings is 1. The van der Waals surface area contributed by atoms with Gasteiger partial charge in [-0.3, -0.25) is 9.48 Å². The Bertz CT molecular complexity index is 1530. The van der Waals surface area contributed by atoms with E-state index in [0.29, 0.717) is 57.8 Å². The van der Waals surface area contributed by atoms with Gasteiger partial charge < -0.3 is 15.4 Å². The van der Waals surface area contributed by atoms with E-state index >= 15 is 0 Å².